The van der Waals surface area contributed by atoms with Gasteiger partial charge in [0.25, 0.3) is 0 Å². The summed E-state index contributed by atoms with van der Waals surface area (Å²) < 4.78 is 24.7. The normalized spacial score (nSPS) is 19.5. The molecule has 6 nitrogen and oxygen atoms in total. The maximum absolute atomic E-state index is 12.3. The Morgan fingerprint density at radius 2 is 2.17 bits per heavy atom. The molecule has 1 aliphatic rings. The molecule has 1 atom stereocenters. The van der Waals surface area contributed by atoms with Crippen LogP contribution in [0.1, 0.15) is 18.4 Å². The Morgan fingerprint density at radius 3 is 2.96 bits per heavy atom. The number of para-hydroxylation sites is 1. The number of hydrogen-bond acceptors (Lipinski definition) is 3. The molecule has 1 aromatic carbocycles. The Balaban J connectivity index is 1.54. The van der Waals surface area contributed by atoms with Crippen molar-refractivity contribution in [1.29, 1.82) is 0 Å². The second-order valence-corrected chi connectivity index (χ2v) is 8.34. The first-order chi connectivity index (χ1) is 11.4. The van der Waals surface area contributed by atoms with Crippen LogP contribution in [0.25, 0.3) is 10.9 Å². The highest BCUT2D eigenvalue weighted by Crippen LogP contribution is 2.20. The van der Waals surface area contributed by atoms with Gasteiger partial charge in [-0.05, 0) is 30.9 Å². The van der Waals surface area contributed by atoms with Crippen molar-refractivity contribution < 1.29 is 13.2 Å². The summed E-state index contributed by atoms with van der Waals surface area (Å²) in [4.78, 5) is 15.5. The summed E-state index contributed by atoms with van der Waals surface area (Å²) in [5, 5.41) is 4.13. The van der Waals surface area contributed by atoms with Crippen molar-refractivity contribution in [2.75, 3.05) is 25.9 Å². The highest BCUT2D eigenvalue weighted by Gasteiger charge is 2.29. The minimum absolute atomic E-state index is 0.0526. The van der Waals surface area contributed by atoms with Crippen LogP contribution in [-0.4, -0.2) is 49.5 Å². The van der Waals surface area contributed by atoms with Crippen molar-refractivity contribution in [1.82, 2.24) is 14.6 Å². The van der Waals surface area contributed by atoms with Crippen LogP contribution in [0.2, 0.25) is 0 Å². The summed E-state index contributed by atoms with van der Waals surface area (Å²) in [7, 11) is -3.22. The fourth-order valence-corrected chi connectivity index (χ4v) is 4.17. The first-order valence-electron chi connectivity index (χ1n) is 8.23. The van der Waals surface area contributed by atoms with E-state index in [9.17, 15) is 13.2 Å². The lowest BCUT2D eigenvalue weighted by atomic mass is 9.99. The average molecular weight is 349 g/mol. The summed E-state index contributed by atoms with van der Waals surface area (Å²) in [5.74, 6) is -0.306. The van der Waals surface area contributed by atoms with Gasteiger partial charge in [-0.3, -0.25) is 4.79 Å². The Labute approximate surface area is 142 Å². The third-order valence-corrected chi connectivity index (χ3v) is 5.86. The molecule has 1 unspecified atom stereocenters. The van der Waals surface area contributed by atoms with Crippen molar-refractivity contribution in [2.24, 2.45) is 5.92 Å². The average Bonchev–Trinajstić information content (AvgIpc) is 2.97. The van der Waals surface area contributed by atoms with E-state index in [1.807, 2.05) is 24.4 Å². The van der Waals surface area contributed by atoms with Crippen molar-refractivity contribution >= 4 is 26.8 Å². The summed E-state index contributed by atoms with van der Waals surface area (Å²) >= 11 is 0. The second kappa shape index (κ2) is 6.94. The van der Waals surface area contributed by atoms with Gasteiger partial charge >= 0.3 is 0 Å². The SMILES string of the molecule is CS(=O)(=O)N1CCCC(C(=O)NCCc2c[nH]c3ccccc23)C1. The number of benzene rings is 1. The summed E-state index contributed by atoms with van der Waals surface area (Å²) in [6.45, 7) is 1.35. The molecule has 1 saturated heterocycles. The molecule has 2 heterocycles. The van der Waals surface area contributed by atoms with Crippen LogP contribution in [0.5, 0.6) is 0 Å². The van der Waals surface area contributed by atoms with E-state index >= 15 is 0 Å². The van der Waals surface area contributed by atoms with Crippen LogP contribution in [0.15, 0.2) is 30.5 Å². The van der Waals surface area contributed by atoms with Crippen molar-refractivity contribution in [3.8, 4) is 0 Å². The van der Waals surface area contributed by atoms with Gasteiger partial charge in [0.05, 0.1) is 12.2 Å². The zero-order valence-electron chi connectivity index (χ0n) is 13.8. The Morgan fingerprint density at radius 1 is 1.38 bits per heavy atom. The van der Waals surface area contributed by atoms with Gasteiger partial charge in [-0.15, -0.1) is 0 Å². The molecular weight excluding hydrogens is 326 g/mol. The first-order valence-corrected chi connectivity index (χ1v) is 10.1. The molecule has 2 aromatic rings. The number of aromatic amines is 1. The number of nitrogens with one attached hydrogen (secondary N) is 2. The van der Waals surface area contributed by atoms with Gasteiger partial charge in [-0.2, -0.15) is 0 Å². The minimum Gasteiger partial charge on any atom is -0.361 e. The molecule has 0 aliphatic carbocycles. The van der Waals surface area contributed by atoms with Gasteiger partial charge in [0.2, 0.25) is 15.9 Å². The number of amides is 1. The number of carbonyl (C=O) groups is 1. The standard InChI is InChI=1S/C17H23N3O3S/c1-24(22,23)20-10-4-5-14(12-20)17(21)18-9-8-13-11-19-16-7-3-2-6-15(13)16/h2-3,6-7,11,14,19H,4-5,8-10,12H2,1H3,(H,18,21). The topological polar surface area (TPSA) is 82.3 Å². The number of aromatic nitrogens is 1. The quantitative estimate of drug-likeness (QED) is 0.858. The van der Waals surface area contributed by atoms with Crippen molar-refractivity contribution in [3.05, 3.63) is 36.0 Å². The number of piperidine rings is 1. The zero-order chi connectivity index (χ0) is 17.2. The van der Waals surface area contributed by atoms with E-state index in [0.29, 0.717) is 13.1 Å². The maximum atomic E-state index is 12.3. The predicted molar refractivity (Wildman–Crippen MR) is 94.2 cm³/mol. The van der Waals surface area contributed by atoms with Gasteiger partial charge in [0, 0.05) is 36.7 Å². The highest BCUT2D eigenvalue weighted by atomic mass is 32.2. The van der Waals surface area contributed by atoms with Crippen molar-refractivity contribution in [3.63, 3.8) is 0 Å². The largest absolute Gasteiger partial charge is 0.361 e. The number of hydrogen-bond donors (Lipinski definition) is 2. The fraction of sp³-hybridized carbons (Fsp3) is 0.471. The molecule has 2 N–H and O–H groups in total. The molecule has 1 fully saturated rings. The molecule has 0 bridgehead atoms. The lowest BCUT2D eigenvalue weighted by Gasteiger charge is -2.30. The molecule has 7 heteroatoms. The van der Waals surface area contributed by atoms with Crippen LogP contribution in [-0.2, 0) is 21.2 Å². The molecule has 1 aromatic heterocycles. The zero-order valence-corrected chi connectivity index (χ0v) is 14.6. The predicted octanol–water partition coefficient (Wildman–Crippen LogP) is 1.50. The Kier molecular flexibility index (Phi) is 4.91. The van der Waals surface area contributed by atoms with E-state index < -0.39 is 10.0 Å². The van der Waals surface area contributed by atoms with E-state index in [1.165, 1.54) is 21.5 Å². The smallest absolute Gasteiger partial charge is 0.224 e. The van der Waals surface area contributed by atoms with Crippen LogP contribution in [0, 0.1) is 5.92 Å². The van der Waals surface area contributed by atoms with E-state index in [1.54, 1.807) is 0 Å². The highest BCUT2D eigenvalue weighted by molar-refractivity contribution is 7.88. The molecular formula is C17H23N3O3S. The van der Waals surface area contributed by atoms with Crippen LogP contribution < -0.4 is 5.32 Å². The first kappa shape index (κ1) is 17.0. The molecule has 1 amide bonds. The fourth-order valence-electron chi connectivity index (χ4n) is 3.26. The third kappa shape index (κ3) is 3.79. The molecule has 0 radical (unpaired) electrons. The maximum Gasteiger partial charge on any atom is 0.224 e. The number of nitrogens with zero attached hydrogens (tertiary/aromatic N) is 1. The number of fused-ring (bicyclic) bond motifs is 1. The molecule has 3 rings (SSSR count). The molecule has 130 valence electrons. The molecule has 1 aliphatic heterocycles. The van der Waals surface area contributed by atoms with Crippen LogP contribution in [0.3, 0.4) is 0 Å². The lowest BCUT2D eigenvalue weighted by Crippen LogP contribution is -2.45. The third-order valence-electron chi connectivity index (χ3n) is 4.59. The summed E-state index contributed by atoms with van der Waals surface area (Å²) in [5.41, 5.74) is 2.27. The number of H-pyrrole nitrogens is 1. The molecule has 24 heavy (non-hydrogen) atoms. The summed E-state index contributed by atoms with van der Waals surface area (Å²) in [6, 6.07) is 8.08. The monoisotopic (exact) mass is 349 g/mol. The van der Waals surface area contributed by atoms with Gasteiger partial charge in [0.1, 0.15) is 0 Å². The lowest BCUT2D eigenvalue weighted by molar-refractivity contribution is -0.126. The van der Waals surface area contributed by atoms with Gasteiger partial charge in [0.15, 0.2) is 0 Å². The number of carbonyl (C=O) groups excluding carboxylic acids is 1. The van der Waals surface area contributed by atoms with E-state index in [0.717, 1.165) is 24.8 Å². The van der Waals surface area contributed by atoms with Crippen LogP contribution in [0.4, 0.5) is 0 Å². The van der Waals surface area contributed by atoms with E-state index in [2.05, 4.69) is 16.4 Å². The van der Waals surface area contributed by atoms with Crippen molar-refractivity contribution in [2.45, 2.75) is 19.3 Å². The second-order valence-electron chi connectivity index (χ2n) is 6.36. The van der Waals surface area contributed by atoms with Gasteiger partial charge in [-0.25, -0.2) is 12.7 Å². The Bertz CT molecular complexity index is 828. The van der Waals surface area contributed by atoms with Gasteiger partial charge < -0.3 is 10.3 Å². The van der Waals surface area contributed by atoms with Gasteiger partial charge in [-0.1, -0.05) is 18.2 Å². The van der Waals surface area contributed by atoms with E-state index in [-0.39, 0.29) is 18.4 Å². The van der Waals surface area contributed by atoms with Crippen LogP contribution >= 0.6 is 0 Å². The molecule has 0 saturated carbocycles. The Hall–Kier alpha value is -1.86. The number of sulfonamides is 1. The summed E-state index contributed by atoms with van der Waals surface area (Å²) in [6.07, 6.45) is 5.39. The minimum atomic E-state index is -3.22. The molecule has 0 spiro atoms. The number of rotatable bonds is 5. The van der Waals surface area contributed by atoms with E-state index in [4.69, 9.17) is 0 Å².